The van der Waals surface area contributed by atoms with Crippen molar-refractivity contribution in [3.8, 4) is 0 Å². The maximum Gasteiger partial charge on any atom is 0.421 e. The number of pyridine rings is 1. The van der Waals surface area contributed by atoms with E-state index in [4.69, 9.17) is 0 Å². The molecule has 1 aromatic carbocycles. The molecule has 2 aromatic rings. The van der Waals surface area contributed by atoms with E-state index in [0.29, 0.717) is 11.8 Å². The van der Waals surface area contributed by atoms with Crippen LogP contribution in [0.4, 0.5) is 18.9 Å². The Morgan fingerprint density at radius 1 is 1.17 bits per heavy atom. The lowest BCUT2D eigenvalue weighted by atomic mass is 10.0. The summed E-state index contributed by atoms with van der Waals surface area (Å²) in [6.45, 7) is 3.43. The van der Waals surface area contributed by atoms with Crippen molar-refractivity contribution in [1.29, 1.82) is 0 Å². The van der Waals surface area contributed by atoms with Crippen LogP contribution in [0.15, 0.2) is 47.4 Å². The summed E-state index contributed by atoms with van der Waals surface area (Å²) in [7, 11) is 0. The lowest BCUT2D eigenvalue weighted by molar-refractivity contribution is -0.139. The lowest BCUT2D eigenvalue weighted by Crippen LogP contribution is -2.32. The second-order valence-corrected chi connectivity index (χ2v) is 5.64. The van der Waals surface area contributed by atoms with Crippen LogP contribution < -0.4 is 10.9 Å². The molecular formula is C17H17F3N2O2. The third-order valence-corrected chi connectivity index (χ3v) is 3.50. The molecule has 2 rings (SSSR count). The molecule has 0 saturated carbocycles. The molecule has 0 atom stereocenters. The zero-order valence-corrected chi connectivity index (χ0v) is 13.2. The summed E-state index contributed by atoms with van der Waals surface area (Å²) in [4.78, 5) is 24.0. The summed E-state index contributed by atoms with van der Waals surface area (Å²) in [6, 6.07) is 8.95. The third kappa shape index (κ3) is 4.04. The largest absolute Gasteiger partial charge is 0.421 e. The highest BCUT2D eigenvalue weighted by molar-refractivity contribution is 5.91. The number of hydrogen-bond acceptors (Lipinski definition) is 2. The number of para-hydroxylation sites is 1. The number of nitrogens with zero attached hydrogens (tertiary/aromatic N) is 1. The monoisotopic (exact) mass is 338 g/mol. The Labute approximate surface area is 136 Å². The molecule has 1 N–H and O–H groups in total. The van der Waals surface area contributed by atoms with Gasteiger partial charge in [0.15, 0.2) is 0 Å². The molecular weight excluding hydrogens is 321 g/mol. The summed E-state index contributed by atoms with van der Waals surface area (Å²) in [6.07, 6.45) is -3.59. The van der Waals surface area contributed by atoms with E-state index in [1.807, 2.05) is 26.0 Å². The number of carbonyl (C=O) groups excluding carboxylic acids is 1. The van der Waals surface area contributed by atoms with Gasteiger partial charge in [-0.1, -0.05) is 32.0 Å². The maximum atomic E-state index is 12.7. The zero-order valence-electron chi connectivity index (χ0n) is 13.2. The van der Waals surface area contributed by atoms with Gasteiger partial charge in [0, 0.05) is 11.9 Å². The van der Waals surface area contributed by atoms with E-state index < -0.39 is 29.8 Å². The minimum Gasteiger partial charge on any atom is -0.324 e. The first-order valence-corrected chi connectivity index (χ1v) is 7.35. The topological polar surface area (TPSA) is 51.1 Å². The minimum absolute atomic E-state index is 0.165. The third-order valence-electron chi connectivity index (χ3n) is 3.50. The van der Waals surface area contributed by atoms with Gasteiger partial charge in [-0.2, -0.15) is 13.2 Å². The first-order chi connectivity index (χ1) is 11.2. The minimum atomic E-state index is -4.75. The Balaban J connectivity index is 2.22. The number of carbonyl (C=O) groups is 1. The molecule has 0 fully saturated rings. The lowest BCUT2D eigenvalue weighted by Gasteiger charge is -2.14. The van der Waals surface area contributed by atoms with Gasteiger partial charge in [0.1, 0.15) is 12.1 Å². The number of alkyl halides is 3. The standard InChI is InChI=1S/C17H17F3N2O2/c1-11(2)12-6-3-4-8-14(12)21-15(23)10-22-9-5-7-13(16(22)24)17(18,19)20/h3-9,11H,10H2,1-2H3,(H,21,23). The van der Waals surface area contributed by atoms with E-state index in [1.54, 1.807) is 12.1 Å². The van der Waals surface area contributed by atoms with Gasteiger partial charge in [-0.25, -0.2) is 0 Å². The van der Waals surface area contributed by atoms with Crippen molar-refractivity contribution in [2.45, 2.75) is 32.5 Å². The Morgan fingerprint density at radius 3 is 2.46 bits per heavy atom. The average molecular weight is 338 g/mol. The van der Waals surface area contributed by atoms with Crippen molar-refractivity contribution < 1.29 is 18.0 Å². The van der Waals surface area contributed by atoms with E-state index in [2.05, 4.69) is 5.32 Å². The van der Waals surface area contributed by atoms with Gasteiger partial charge in [0.25, 0.3) is 5.56 Å². The molecule has 0 aliphatic carbocycles. The summed E-state index contributed by atoms with van der Waals surface area (Å²) < 4.78 is 39.0. The Bertz CT molecular complexity index is 795. The first kappa shape index (κ1) is 17.8. The Kier molecular flexibility index (Phi) is 5.11. The smallest absolute Gasteiger partial charge is 0.324 e. The molecule has 0 radical (unpaired) electrons. The average Bonchev–Trinajstić information content (AvgIpc) is 2.48. The van der Waals surface area contributed by atoms with Crippen molar-refractivity contribution >= 4 is 11.6 Å². The zero-order chi connectivity index (χ0) is 17.9. The van der Waals surface area contributed by atoms with Gasteiger partial charge < -0.3 is 9.88 Å². The predicted molar refractivity (Wildman–Crippen MR) is 84.9 cm³/mol. The van der Waals surface area contributed by atoms with Crippen molar-refractivity contribution in [1.82, 2.24) is 4.57 Å². The number of rotatable bonds is 4. The van der Waals surface area contributed by atoms with Crippen molar-refractivity contribution in [2.75, 3.05) is 5.32 Å². The van der Waals surface area contributed by atoms with Crippen molar-refractivity contribution in [3.63, 3.8) is 0 Å². The Hall–Kier alpha value is -2.57. The fourth-order valence-corrected chi connectivity index (χ4v) is 2.34. The van der Waals surface area contributed by atoms with Gasteiger partial charge in [-0.15, -0.1) is 0 Å². The predicted octanol–water partition coefficient (Wildman–Crippen LogP) is 3.63. The molecule has 0 spiro atoms. The number of hydrogen-bond donors (Lipinski definition) is 1. The number of halogens is 3. The fourth-order valence-electron chi connectivity index (χ4n) is 2.34. The van der Waals surface area contributed by atoms with Crippen molar-refractivity contribution in [2.24, 2.45) is 0 Å². The number of anilines is 1. The molecule has 1 heterocycles. The first-order valence-electron chi connectivity index (χ1n) is 7.35. The maximum absolute atomic E-state index is 12.7. The van der Waals surface area contributed by atoms with E-state index in [1.165, 1.54) is 0 Å². The van der Waals surface area contributed by atoms with E-state index in [0.717, 1.165) is 22.4 Å². The summed E-state index contributed by atoms with van der Waals surface area (Å²) >= 11 is 0. The second-order valence-electron chi connectivity index (χ2n) is 5.64. The van der Waals surface area contributed by atoms with Gasteiger partial charge in [0.2, 0.25) is 5.91 Å². The van der Waals surface area contributed by atoms with Gasteiger partial charge >= 0.3 is 6.18 Å². The van der Waals surface area contributed by atoms with Crippen LogP contribution in [0, 0.1) is 0 Å². The van der Waals surface area contributed by atoms with Gasteiger partial charge in [0.05, 0.1) is 0 Å². The molecule has 7 heteroatoms. The van der Waals surface area contributed by atoms with Crippen LogP contribution in [0.3, 0.4) is 0 Å². The highest BCUT2D eigenvalue weighted by Gasteiger charge is 2.34. The number of nitrogens with one attached hydrogen (secondary N) is 1. The second kappa shape index (κ2) is 6.90. The molecule has 24 heavy (non-hydrogen) atoms. The van der Waals surface area contributed by atoms with E-state index in [9.17, 15) is 22.8 Å². The SMILES string of the molecule is CC(C)c1ccccc1NC(=O)Cn1cccc(C(F)(F)F)c1=O. The van der Waals surface area contributed by atoms with Gasteiger partial charge in [-0.3, -0.25) is 9.59 Å². The highest BCUT2D eigenvalue weighted by Crippen LogP contribution is 2.26. The molecule has 0 aliphatic heterocycles. The molecule has 0 aliphatic rings. The van der Waals surface area contributed by atoms with Crippen LogP contribution in [0.1, 0.15) is 30.9 Å². The molecule has 4 nitrogen and oxygen atoms in total. The number of benzene rings is 1. The normalized spacial score (nSPS) is 11.6. The van der Waals surface area contributed by atoms with Crippen LogP contribution >= 0.6 is 0 Å². The molecule has 128 valence electrons. The van der Waals surface area contributed by atoms with Crippen molar-refractivity contribution in [3.05, 3.63) is 64.1 Å². The Morgan fingerprint density at radius 2 is 1.83 bits per heavy atom. The highest BCUT2D eigenvalue weighted by atomic mass is 19.4. The number of aromatic nitrogens is 1. The number of amides is 1. The summed E-state index contributed by atoms with van der Waals surface area (Å²) in [5, 5.41) is 2.65. The molecule has 0 unspecified atom stereocenters. The molecule has 1 amide bonds. The fraction of sp³-hybridized carbons (Fsp3) is 0.294. The molecule has 1 aromatic heterocycles. The van der Waals surface area contributed by atoms with Crippen LogP contribution in [-0.2, 0) is 17.5 Å². The van der Waals surface area contributed by atoms with E-state index >= 15 is 0 Å². The molecule has 0 bridgehead atoms. The van der Waals surface area contributed by atoms with Crippen LogP contribution in [0.25, 0.3) is 0 Å². The van der Waals surface area contributed by atoms with Crippen LogP contribution in [-0.4, -0.2) is 10.5 Å². The van der Waals surface area contributed by atoms with E-state index in [-0.39, 0.29) is 5.92 Å². The quantitative estimate of drug-likeness (QED) is 0.925. The summed E-state index contributed by atoms with van der Waals surface area (Å²) in [5.41, 5.74) is -1.04. The molecule has 0 saturated heterocycles. The van der Waals surface area contributed by atoms with Crippen LogP contribution in [0.5, 0.6) is 0 Å². The van der Waals surface area contributed by atoms with Gasteiger partial charge in [-0.05, 0) is 29.7 Å². The van der Waals surface area contributed by atoms with Crippen LogP contribution in [0.2, 0.25) is 0 Å². The summed E-state index contributed by atoms with van der Waals surface area (Å²) in [5.74, 6) is -0.401.